The number of morpholine rings is 1. The van der Waals surface area contributed by atoms with Crippen LogP contribution in [0.3, 0.4) is 0 Å². The first kappa shape index (κ1) is 13.5. The van der Waals surface area contributed by atoms with Gasteiger partial charge in [-0.25, -0.2) is 0 Å². The summed E-state index contributed by atoms with van der Waals surface area (Å²) in [6.45, 7) is 6.84. The van der Waals surface area contributed by atoms with Crippen molar-refractivity contribution in [1.82, 2.24) is 20.0 Å². The van der Waals surface area contributed by atoms with E-state index in [9.17, 15) is 0 Å². The Kier molecular flexibility index (Phi) is 4.74. The summed E-state index contributed by atoms with van der Waals surface area (Å²) < 4.78 is 7.70. The Morgan fingerprint density at radius 2 is 2.44 bits per heavy atom. The monoisotopic (exact) mass is 252 g/mol. The van der Waals surface area contributed by atoms with Crippen LogP contribution in [0, 0.1) is 0 Å². The molecule has 0 aliphatic carbocycles. The number of hydrogen-bond donors (Lipinski definition) is 1. The lowest BCUT2D eigenvalue weighted by Gasteiger charge is -2.28. The average Bonchev–Trinajstić information content (AvgIpc) is 2.71. The Hall–Kier alpha value is -0.910. The van der Waals surface area contributed by atoms with E-state index in [1.165, 1.54) is 11.3 Å². The lowest BCUT2D eigenvalue weighted by Crippen LogP contribution is -2.44. The van der Waals surface area contributed by atoms with Gasteiger partial charge in [0.1, 0.15) is 0 Å². The molecule has 0 aromatic carbocycles. The minimum absolute atomic E-state index is 0.311. The predicted molar refractivity (Wildman–Crippen MR) is 71.5 cm³/mol. The van der Waals surface area contributed by atoms with E-state index in [0.29, 0.717) is 6.10 Å². The Morgan fingerprint density at radius 1 is 1.61 bits per heavy atom. The summed E-state index contributed by atoms with van der Waals surface area (Å²) in [6, 6.07) is 0. The van der Waals surface area contributed by atoms with Gasteiger partial charge in [0.15, 0.2) is 0 Å². The number of rotatable bonds is 5. The molecular weight excluding hydrogens is 228 g/mol. The van der Waals surface area contributed by atoms with Crippen LogP contribution in [0.4, 0.5) is 0 Å². The first-order valence-corrected chi connectivity index (χ1v) is 6.71. The Bertz CT molecular complexity index is 371. The summed E-state index contributed by atoms with van der Waals surface area (Å²) in [5.74, 6) is 0. The lowest BCUT2D eigenvalue weighted by atomic mass is 10.2. The Morgan fingerprint density at radius 3 is 3.11 bits per heavy atom. The van der Waals surface area contributed by atoms with Gasteiger partial charge in [-0.15, -0.1) is 0 Å². The van der Waals surface area contributed by atoms with Gasteiger partial charge in [0.2, 0.25) is 0 Å². The average molecular weight is 252 g/mol. The maximum absolute atomic E-state index is 5.72. The fourth-order valence-corrected chi connectivity index (χ4v) is 2.54. The second kappa shape index (κ2) is 6.31. The molecule has 1 saturated heterocycles. The molecule has 1 N–H and O–H groups in total. The molecule has 18 heavy (non-hydrogen) atoms. The van der Waals surface area contributed by atoms with Crippen LogP contribution < -0.4 is 5.32 Å². The normalized spacial score (nSPS) is 20.6. The SMILES string of the molecule is CCc1c(CN(C)CC2CNCCO2)cnn1C. The highest BCUT2D eigenvalue weighted by molar-refractivity contribution is 5.17. The third-order valence-corrected chi connectivity index (χ3v) is 3.44. The van der Waals surface area contributed by atoms with E-state index < -0.39 is 0 Å². The van der Waals surface area contributed by atoms with Crippen LogP contribution in [0.25, 0.3) is 0 Å². The molecule has 5 nitrogen and oxygen atoms in total. The number of likely N-dealkylation sites (N-methyl/N-ethyl adjacent to an activating group) is 1. The number of nitrogens with one attached hydrogen (secondary N) is 1. The van der Waals surface area contributed by atoms with Gasteiger partial charge in [0.05, 0.1) is 18.9 Å². The first-order chi connectivity index (χ1) is 8.70. The summed E-state index contributed by atoms with van der Waals surface area (Å²) in [4.78, 5) is 2.31. The van der Waals surface area contributed by atoms with E-state index in [-0.39, 0.29) is 0 Å². The first-order valence-electron chi connectivity index (χ1n) is 6.71. The zero-order chi connectivity index (χ0) is 13.0. The quantitative estimate of drug-likeness (QED) is 0.824. The predicted octanol–water partition coefficient (Wildman–Crippen LogP) is 0.403. The van der Waals surface area contributed by atoms with Crippen molar-refractivity contribution >= 4 is 0 Å². The Balaban J connectivity index is 1.87. The lowest BCUT2D eigenvalue weighted by molar-refractivity contribution is 0.00881. The molecule has 0 radical (unpaired) electrons. The molecule has 0 bridgehead atoms. The standard InChI is InChI=1S/C13H24N4O/c1-4-13-11(7-15-17(13)3)9-16(2)10-12-8-14-5-6-18-12/h7,12,14H,4-6,8-10H2,1-3H3. The van der Waals surface area contributed by atoms with Crippen LogP contribution >= 0.6 is 0 Å². The molecule has 2 heterocycles. The second-order valence-corrected chi connectivity index (χ2v) is 4.99. The van der Waals surface area contributed by atoms with Crippen molar-refractivity contribution in [3.8, 4) is 0 Å². The number of hydrogen-bond acceptors (Lipinski definition) is 4. The molecule has 0 saturated carbocycles. The molecule has 1 aliphatic rings. The largest absolute Gasteiger partial charge is 0.374 e. The highest BCUT2D eigenvalue weighted by atomic mass is 16.5. The number of ether oxygens (including phenoxy) is 1. The van der Waals surface area contributed by atoms with Crippen molar-refractivity contribution in [3.63, 3.8) is 0 Å². The van der Waals surface area contributed by atoms with Crippen molar-refractivity contribution in [2.24, 2.45) is 7.05 Å². The molecule has 1 unspecified atom stereocenters. The molecule has 1 aliphatic heterocycles. The summed E-state index contributed by atoms with van der Waals surface area (Å²) in [6.07, 6.45) is 3.32. The van der Waals surface area contributed by atoms with E-state index in [4.69, 9.17) is 4.74 Å². The van der Waals surface area contributed by atoms with Crippen molar-refractivity contribution in [2.75, 3.05) is 33.3 Å². The maximum atomic E-state index is 5.72. The van der Waals surface area contributed by atoms with E-state index in [0.717, 1.165) is 39.2 Å². The fraction of sp³-hybridized carbons (Fsp3) is 0.769. The number of aromatic nitrogens is 2. The van der Waals surface area contributed by atoms with Crippen LogP contribution in [-0.2, 0) is 24.8 Å². The number of aryl methyl sites for hydroxylation is 1. The van der Waals surface area contributed by atoms with Crippen molar-refractivity contribution in [3.05, 3.63) is 17.5 Å². The minimum atomic E-state index is 0.311. The van der Waals surface area contributed by atoms with Crippen LogP contribution in [0.5, 0.6) is 0 Å². The molecule has 0 amide bonds. The van der Waals surface area contributed by atoms with Gasteiger partial charge in [-0.3, -0.25) is 9.58 Å². The highest BCUT2D eigenvalue weighted by Gasteiger charge is 2.16. The smallest absolute Gasteiger partial charge is 0.0826 e. The van der Waals surface area contributed by atoms with Crippen molar-refractivity contribution < 1.29 is 4.74 Å². The molecule has 0 spiro atoms. The second-order valence-electron chi connectivity index (χ2n) is 4.99. The van der Waals surface area contributed by atoms with Gasteiger partial charge in [0.25, 0.3) is 0 Å². The highest BCUT2D eigenvalue weighted by Crippen LogP contribution is 2.11. The zero-order valence-corrected chi connectivity index (χ0v) is 11.6. The molecule has 5 heteroatoms. The molecule has 1 aromatic rings. The van der Waals surface area contributed by atoms with Gasteiger partial charge in [0, 0.05) is 44.5 Å². The fourth-order valence-electron chi connectivity index (χ4n) is 2.54. The summed E-state index contributed by atoms with van der Waals surface area (Å²) in [7, 11) is 4.15. The van der Waals surface area contributed by atoms with Gasteiger partial charge < -0.3 is 10.1 Å². The molecular formula is C13H24N4O. The zero-order valence-electron chi connectivity index (χ0n) is 11.6. The van der Waals surface area contributed by atoms with E-state index in [1.54, 1.807) is 0 Å². The maximum Gasteiger partial charge on any atom is 0.0826 e. The van der Waals surface area contributed by atoms with Crippen molar-refractivity contribution in [1.29, 1.82) is 0 Å². The number of nitrogens with zero attached hydrogens (tertiary/aromatic N) is 3. The molecule has 1 fully saturated rings. The minimum Gasteiger partial charge on any atom is -0.374 e. The van der Waals surface area contributed by atoms with Gasteiger partial charge >= 0.3 is 0 Å². The molecule has 2 rings (SSSR count). The summed E-state index contributed by atoms with van der Waals surface area (Å²) >= 11 is 0. The van der Waals surface area contributed by atoms with Crippen LogP contribution in [0.2, 0.25) is 0 Å². The van der Waals surface area contributed by atoms with E-state index in [2.05, 4.69) is 29.3 Å². The van der Waals surface area contributed by atoms with Crippen LogP contribution in [0.15, 0.2) is 6.20 Å². The molecule has 102 valence electrons. The van der Waals surface area contributed by atoms with Crippen LogP contribution in [-0.4, -0.2) is 54.1 Å². The van der Waals surface area contributed by atoms with Crippen LogP contribution in [0.1, 0.15) is 18.2 Å². The van der Waals surface area contributed by atoms with Gasteiger partial charge in [-0.2, -0.15) is 5.10 Å². The van der Waals surface area contributed by atoms with Gasteiger partial charge in [-0.05, 0) is 13.5 Å². The third kappa shape index (κ3) is 3.31. The molecule has 1 aromatic heterocycles. The van der Waals surface area contributed by atoms with E-state index in [1.807, 2.05) is 17.9 Å². The molecule has 1 atom stereocenters. The summed E-state index contributed by atoms with van der Waals surface area (Å²) in [5, 5.41) is 7.70. The van der Waals surface area contributed by atoms with Gasteiger partial charge in [-0.1, -0.05) is 6.92 Å². The Labute approximate surface area is 109 Å². The summed E-state index contributed by atoms with van der Waals surface area (Å²) in [5.41, 5.74) is 2.65. The van der Waals surface area contributed by atoms with E-state index >= 15 is 0 Å². The third-order valence-electron chi connectivity index (χ3n) is 3.44. The van der Waals surface area contributed by atoms with Crippen molar-refractivity contribution in [2.45, 2.75) is 26.0 Å². The topological polar surface area (TPSA) is 42.3 Å².